The van der Waals surface area contributed by atoms with Gasteiger partial charge in [-0.2, -0.15) is 0 Å². The van der Waals surface area contributed by atoms with Gasteiger partial charge < -0.3 is 15.4 Å². The quantitative estimate of drug-likeness (QED) is 0.678. The molecular weight excluding hydrogens is 416 g/mol. The molecule has 1 atom stereocenters. The lowest BCUT2D eigenvalue weighted by Gasteiger charge is -2.29. The molecule has 3 rings (SSSR count). The van der Waals surface area contributed by atoms with Crippen LogP contribution in [0.15, 0.2) is 57.9 Å². The third-order valence-electron chi connectivity index (χ3n) is 4.15. The molecule has 1 heterocycles. The van der Waals surface area contributed by atoms with Crippen molar-refractivity contribution >= 4 is 39.7 Å². The van der Waals surface area contributed by atoms with Crippen molar-refractivity contribution in [1.82, 2.24) is 10.6 Å². The Morgan fingerprint density at radius 1 is 1.27 bits per heavy atom. The van der Waals surface area contributed by atoms with Gasteiger partial charge in [0.2, 0.25) is 5.91 Å². The van der Waals surface area contributed by atoms with Crippen LogP contribution in [0.2, 0.25) is 0 Å². The fourth-order valence-corrected chi connectivity index (χ4v) is 4.57. The minimum atomic E-state index is -0.903. The molecular formula is C19H19BrN2O3S. The first-order valence-electron chi connectivity index (χ1n) is 8.17. The summed E-state index contributed by atoms with van der Waals surface area (Å²) < 4.78 is 6.68. The summed E-state index contributed by atoms with van der Waals surface area (Å²) >= 11 is 5.25. The Balaban J connectivity index is 1.87. The summed E-state index contributed by atoms with van der Waals surface area (Å²) in [5.41, 5.74) is 1.18. The SMILES string of the molecule is CC(=O)NCC1(c2ccccc2SCc2ccccc2Br)CNC(=O)O1. The summed E-state index contributed by atoms with van der Waals surface area (Å²) in [5, 5.41) is 5.50. The van der Waals surface area contributed by atoms with Crippen LogP contribution < -0.4 is 10.6 Å². The van der Waals surface area contributed by atoms with E-state index in [2.05, 4.69) is 32.6 Å². The van der Waals surface area contributed by atoms with Crippen LogP contribution in [0.25, 0.3) is 0 Å². The number of hydrogen-bond donors (Lipinski definition) is 2. The van der Waals surface area contributed by atoms with E-state index in [0.29, 0.717) is 6.54 Å². The standard InChI is InChI=1S/C19H19BrN2O3S/c1-13(23)21-11-19(12-22-18(24)25-19)15-7-3-5-9-17(15)26-10-14-6-2-4-8-16(14)20/h2-9H,10-12H2,1H3,(H,21,23)(H,22,24). The third kappa shape index (κ3) is 4.22. The van der Waals surface area contributed by atoms with Crippen LogP contribution in [0, 0.1) is 0 Å². The lowest BCUT2D eigenvalue weighted by molar-refractivity contribution is -0.120. The molecule has 2 amide bonds. The van der Waals surface area contributed by atoms with Crippen molar-refractivity contribution in [1.29, 1.82) is 0 Å². The Morgan fingerprint density at radius 3 is 2.69 bits per heavy atom. The van der Waals surface area contributed by atoms with Gasteiger partial charge in [-0.15, -0.1) is 11.8 Å². The monoisotopic (exact) mass is 434 g/mol. The molecule has 1 unspecified atom stereocenters. The van der Waals surface area contributed by atoms with Gasteiger partial charge in [-0.05, 0) is 17.7 Å². The fraction of sp³-hybridized carbons (Fsp3) is 0.263. The van der Waals surface area contributed by atoms with Gasteiger partial charge in [0, 0.05) is 27.6 Å². The van der Waals surface area contributed by atoms with E-state index in [-0.39, 0.29) is 12.5 Å². The van der Waals surface area contributed by atoms with Gasteiger partial charge in [-0.25, -0.2) is 4.79 Å². The second kappa shape index (κ2) is 8.14. The molecule has 7 heteroatoms. The number of nitrogens with one attached hydrogen (secondary N) is 2. The van der Waals surface area contributed by atoms with Crippen LogP contribution in [-0.2, 0) is 20.9 Å². The lowest BCUT2D eigenvalue weighted by atomic mass is 9.93. The Labute approximate surface area is 165 Å². The maximum atomic E-state index is 11.8. The van der Waals surface area contributed by atoms with Gasteiger partial charge in [-0.3, -0.25) is 4.79 Å². The molecule has 1 fully saturated rings. The summed E-state index contributed by atoms with van der Waals surface area (Å²) in [6.07, 6.45) is -0.471. The second-order valence-electron chi connectivity index (χ2n) is 6.02. The highest BCUT2D eigenvalue weighted by Gasteiger charge is 2.43. The predicted octanol–water partition coefficient (Wildman–Crippen LogP) is 3.81. The zero-order valence-electron chi connectivity index (χ0n) is 14.3. The Morgan fingerprint density at radius 2 is 2.00 bits per heavy atom. The lowest BCUT2D eigenvalue weighted by Crippen LogP contribution is -2.43. The first-order valence-corrected chi connectivity index (χ1v) is 9.95. The number of carbonyl (C=O) groups excluding carboxylic acids is 2. The number of carbonyl (C=O) groups is 2. The molecule has 2 aromatic carbocycles. The summed E-state index contributed by atoms with van der Waals surface area (Å²) in [5.74, 6) is 0.612. The molecule has 1 saturated heterocycles. The van der Waals surface area contributed by atoms with Crippen LogP contribution in [0.4, 0.5) is 4.79 Å². The van der Waals surface area contributed by atoms with Gasteiger partial charge in [-0.1, -0.05) is 52.3 Å². The molecule has 0 radical (unpaired) electrons. The fourth-order valence-electron chi connectivity index (χ4n) is 2.82. The highest BCUT2D eigenvalue weighted by atomic mass is 79.9. The van der Waals surface area contributed by atoms with E-state index in [1.807, 2.05) is 42.5 Å². The van der Waals surface area contributed by atoms with Crippen molar-refractivity contribution in [2.75, 3.05) is 13.1 Å². The van der Waals surface area contributed by atoms with Crippen molar-refractivity contribution in [3.63, 3.8) is 0 Å². The van der Waals surface area contributed by atoms with Gasteiger partial charge >= 0.3 is 6.09 Å². The van der Waals surface area contributed by atoms with Gasteiger partial charge in [0.25, 0.3) is 0 Å². The molecule has 0 bridgehead atoms. The molecule has 2 aromatic rings. The summed E-state index contributed by atoms with van der Waals surface area (Å²) in [6, 6.07) is 15.9. The molecule has 136 valence electrons. The minimum absolute atomic E-state index is 0.161. The molecule has 0 aliphatic carbocycles. The van der Waals surface area contributed by atoms with Crippen LogP contribution >= 0.6 is 27.7 Å². The normalized spacial score (nSPS) is 18.9. The second-order valence-corrected chi connectivity index (χ2v) is 7.89. The van der Waals surface area contributed by atoms with Crippen LogP contribution in [-0.4, -0.2) is 25.1 Å². The number of amides is 2. The maximum Gasteiger partial charge on any atom is 0.408 e. The molecule has 26 heavy (non-hydrogen) atoms. The summed E-state index contributed by atoms with van der Waals surface area (Å²) in [6.45, 7) is 2.00. The minimum Gasteiger partial charge on any atom is -0.434 e. The van der Waals surface area contributed by atoms with Crippen molar-refractivity contribution < 1.29 is 14.3 Å². The van der Waals surface area contributed by atoms with Crippen LogP contribution in [0.1, 0.15) is 18.1 Å². The van der Waals surface area contributed by atoms with Crippen molar-refractivity contribution in [3.05, 3.63) is 64.1 Å². The Hall–Kier alpha value is -1.99. The van der Waals surface area contributed by atoms with Gasteiger partial charge in [0.15, 0.2) is 5.60 Å². The van der Waals surface area contributed by atoms with Crippen molar-refractivity contribution in [2.24, 2.45) is 0 Å². The maximum absolute atomic E-state index is 11.8. The average Bonchev–Trinajstić information content (AvgIpc) is 3.02. The average molecular weight is 435 g/mol. The number of thioether (sulfide) groups is 1. The smallest absolute Gasteiger partial charge is 0.408 e. The molecule has 0 saturated carbocycles. The van der Waals surface area contributed by atoms with E-state index in [9.17, 15) is 9.59 Å². The Bertz CT molecular complexity index is 830. The van der Waals surface area contributed by atoms with Crippen molar-refractivity contribution in [3.8, 4) is 0 Å². The number of ether oxygens (including phenoxy) is 1. The molecule has 5 nitrogen and oxygen atoms in total. The zero-order valence-corrected chi connectivity index (χ0v) is 16.7. The Kier molecular flexibility index (Phi) is 5.88. The first-order chi connectivity index (χ1) is 12.5. The number of cyclic esters (lactones) is 1. The van der Waals surface area contributed by atoms with Crippen LogP contribution in [0.3, 0.4) is 0 Å². The summed E-state index contributed by atoms with van der Waals surface area (Å²) in [7, 11) is 0. The zero-order chi connectivity index (χ0) is 18.6. The number of rotatable bonds is 6. The van der Waals surface area contributed by atoms with E-state index >= 15 is 0 Å². The van der Waals surface area contributed by atoms with Gasteiger partial charge in [0.05, 0.1) is 13.1 Å². The van der Waals surface area contributed by atoms with E-state index in [0.717, 1.165) is 20.7 Å². The molecule has 0 aromatic heterocycles. The highest BCUT2D eigenvalue weighted by molar-refractivity contribution is 9.10. The third-order valence-corrected chi connectivity index (χ3v) is 6.04. The van der Waals surface area contributed by atoms with Crippen molar-refractivity contribution in [2.45, 2.75) is 23.2 Å². The molecule has 1 aliphatic heterocycles. The molecule has 0 spiro atoms. The number of benzene rings is 2. The highest BCUT2D eigenvalue weighted by Crippen LogP contribution is 2.37. The van der Waals surface area contributed by atoms with E-state index < -0.39 is 11.7 Å². The van der Waals surface area contributed by atoms with E-state index in [1.165, 1.54) is 12.5 Å². The van der Waals surface area contributed by atoms with E-state index in [4.69, 9.17) is 4.74 Å². The topological polar surface area (TPSA) is 67.4 Å². The largest absolute Gasteiger partial charge is 0.434 e. The predicted molar refractivity (Wildman–Crippen MR) is 105 cm³/mol. The van der Waals surface area contributed by atoms with Crippen LogP contribution in [0.5, 0.6) is 0 Å². The number of halogens is 1. The van der Waals surface area contributed by atoms with E-state index in [1.54, 1.807) is 11.8 Å². The van der Waals surface area contributed by atoms with Gasteiger partial charge in [0.1, 0.15) is 0 Å². The number of alkyl carbamates (subject to hydrolysis) is 1. The molecule has 1 aliphatic rings. The number of hydrogen-bond acceptors (Lipinski definition) is 4. The summed E-state index contributed by atoms with van der Waals surface area (Å²) in [4.78, 5) is 24.2. The first kappa shape index (κ1) is 18.8. The molecule has 2 N–H and O–H groups in total.